The molecule has 0 radical (unpaired) electrons. The Hall–Kier alpha value is -0.210. The van der Waals surface area contributed by atoms with Crippen molar-refractivity contribution in [3.63, 3.8) is 0 Å². The summed E-state index contributed by atoms with van der Waals surface area (Å²) in [5, 5.41) is 1.80. The van der Waals surface area contributed by atoms with Crippen molar-refractivity contribution in [2.24, 2.45) is 5.41 Å². The fraction of sp³-hybridized carbons (Fsp3) is 0.571. The Morgan fingerprint density at radius 3 is 2.65 bits per heavy atom. The largest absolute Gasteiger partial charge is 0.493 e. The summed E-state index contributed by atoms with van der Waals surface area (Å²) < 4.78 is 5.98. The Morgan fingerprint density at radius 1 is 1.35 bits per heavy atom. The fourth-order valence-corrected chi connectivity index (χ4v) is 3.40. The van der Waals surface area contributed by atoms with Gasteiger partial charge in [0.15, 0.2) is 0 Å². The van der Waals surface area contributed by atoms with Crippen LogP contribution in [0.15, 0.2) is 18.2 Å². The molecule has 0 heterocycles. The summed E-state index contributed by atoms with van der Waals surface area (Å²) in [6, 6.07) is 5.81. The van der Waals surface area contributed by atoms with E-state index < -0.39 is 0 Å². The van der Waals surface area contributed by atoms with Crippen LogP contribution in [0.5, 0.6) is 5.75 Å². The lowest BCUT2D eigenvalue weighted by atomic mass is 9.90. The zero-order chi connectivity index (χ0) is 12.3. The van der Waals surface area contributed by atoms with E-state index in [9.17, 15) is 0 Å². The third-order valence-corrected chi connectivity index (χ3v) is 5.04. The topological polar surface area (TPSA) is 9.23 Å². The number of rotatable bonds is 4. The zero-order valence-corrected chi connectivity index (χ0v) is 12.5. The molecule has 0 aromatic heterocycles. The van der Waals surface area contributed by atoms with E-state index in [1.807, 2.05) is 25.1 Å². The molecule has 0 amide bonds. The highest BCUT2D eigenvalue weighted by Crippen LogP contribution is 2.40. The van der Waals surface area contributed by atoms with Gasteiger partial charge in [-0.05, 0) is 43.5 Å². The molecule has 1 aliphatic carbocycles. The molecule has 17 heavy (non-hydrogen) atoms. The quantitative estimate of drug-likeness (QED) is 0.711. The SMILES string of the molecule is Cc1cc(Cl)ccc1OCC1(CBr)CCCC1. The van der Waals surface area contributed by atoms with Crippen molar-refractivity contribution in [3.8, 4) is 5.75 Å². The minimum atomic E-state index is 0.339. The smallest absolute Gasteiger partial charge is 0.122 e. The van der Waals surface area contributed by atoms with Crippen LogP contribution in [0.1, 0.15) is 31.2 Å². The normalized spacial score (nSPS) is 18.3. The van der Waals surface area contributed by atoms with Crippen LogP contribution in [0.2, 0.25) is 5.02 Å². The number of alkyl halides is 1. The van der Waals surface area contributed by atoms with Crippen molar-refractivity contribution in [2.45, 2.75) is 32.6 Å². The first-order chi connectivity index (χ1) is 8.15. The maximum absolute atomic E-state index is 5.98. The maximum atomic E-state index is 5.98. The highest BCUT2D eigenvalue weighted by molar-refractivity contribution is 9.09. The minimum Gasteiger partial charge on any atom is -0.493 e. The highest BCUT2D eigenvalue weighted by Gasteiger charge is 2.33. The second-order valence-corrected chi connectivity index (χ2v) is 6.04. The Morgan fingerprint density at radius 2 is 2.06 bits per heavy atom. The van der Waals surface area contributed by atoms with Crippen molar-refractivity contribution < 1.29 is 4.74 Å². The first-order valence-electron chi connectivity index (χ1n) is 6.10. The second-order valence-electron chi connectivity index (χ2n) is 5.04. The summed E-state index contributed by atoms with van der Waals surface area (Å²) in [4.78, 5) is 0. The minimum absolute atomic E-state index is 0.339. The molecular weight excluding hydrogens is 300 g/mol. The van der Waals surface area contributed by atoms with Crippen molar-refractivity contribution in [1.29, 1.82) is 0 Å². The summed E-state index contributed by atoms with van der Waals surface area (Å²) in [7, 11) is 0. The van der Waals surface area contributed by atoms with Crippen LogP contribution < -0.4 is 4.74 Å². The third kappa shape index (κ3) is 3.17. The zero-order valence-electron chi connectivity index (χ0n) is 10.1. The summed E-state index contributed by atoms with van der Waals surface area (Å²) in [5.74, 6) is 0.960. The number of halogens is 2. The van der Waals surface area contributed by atoms with Crippen LogP contribution in [-0.4, -0.2) is 11.9 Å². The maximum Gasteiger partial charge on any atom is 0.122 e. The molecule has 0 unspecified atom stereocenters. The average Bonchev–Trinajstić information content (AvgIpc) is 2.77. The second kappa shape index (κ2) is 5.62. The van der Waals surface area contributed by atoms with Crippen LogP contribution in [0.3, 0.4) is 0 Å². The summed E-state index contributed by atoms with van der Waals surface area (Å²) in [6.45, 7) is 2.84. The molecule has 0 aliphatic heterocycles. The van der Waals surface area contributed by atoms with Crippen LogP contribution in [0, 0.1) is 12.3 Å². The first kappa shape index (κ1) is 13.2. The average molecular weight is 318 g/mol. The Labute approximate surface area is 117 Å². The molecule has 1 saturated carbocycles. The van der Waals surface area contributed by atoms with E-state index in [0.717, 1.165) is 28.3 Å². The van der Waals surface area contributed by atoms with Gasteiger partial charge in [0.25, 0.3) is 0 Å². The predicted molar refractivity (Wildman–Crippen MR) is 76.4 cm³/mol. The standard InChI is InChI=1S/C14H18BrClO/c1-11-8-12(16)4-5-13(11)17-10-14(9-15)6-2-3-7-14/h4-5,8H,2-3,6-7,9-10H2,1H3. The van der Waals surface area contributed by atoms with Crippen LogP contribution in [0.25, 0.3) is 0 Å². The molecule has 94 valence electrons. The molecule has 0 saturated heterocycles. The van der Waals surface area contributed by atoms with Crippen molar-refractivity contribution >= 4 is 27.5 Å². The lowest BCUT2D eigenvalue weighted by Crippen LogP contribution is -2.27. The van der Waals surface area contributed by atoms with E-state index in [-0.39, 0.29) is 0 Å². The number of aryl methyl sites for hydroxylation is 1. The monoisotopic (exact) mass is 316 g/mol. The van der Waals surface area contributed by atoms with Gasteiger partial charge in [-0.15, -0.1) is 0 Å². The lowest BCUT2D eigenvalue weighted by Gasteiger charge is -2.26. The number of ether oxygens (including phenoxy) is 1. The molecule has 0 N–H and O–H groups in total. The van der Waals surface area contributed by atoms with E-state index in [4.69, 9.17) is 16.3 Å². The molecule has 1 aliphatic rings. The summed E-state index contributed by atoms with van der Waals surface area (Å²) >= 11 is 9.57. The van der Waals surface area contributed by atoms with Gasteiger partial charge in [-0.3, -0.25) is 0 Å². The first-order valence-corrected chi connectivity index (χ1v) is 7.60. The van der Waals surface area contributed by atoms with E-state index in [2.05, 4.69) is 15.9 Å². The van der Waals surface area contributed by atoms with Gasteiger partial charge in [0.1, 0.15) is 5.75 Å². The number of benzene rings is 1. The van der Waals surface area contributed by atoms with Gasteiger partial charge in [0, 0.05) is 15.8 Å². The van der Waals surface area contributed by atoms with Crippen LogP contribution >= 0.6 is 27.5 Å². The van der Waals surface area contributed by atoms with Gasteiger partial charge in [-0.1, -0.05) is 40.4 Å². The number of hydrogen-bond donors (Lipinski definition) is 0. The number of hydrogen-bond acceptors (Lipinski definition) is 1. The lowest BCUT2D eigenvalue weighted by molar-refractivity contribution is 0.173. The van der Waals surface area contributed by atoms with Gasteiger partial charge < -0.3 is 4.74 Å². The predicted octanol–water partition coefficient (Wildman–Crippen LogP) is 4.98. The van der Waals surface area contributed by atoms with Gasteiger partial charge in [-0.2, -0.15) is 0 Å². The van der Waals surface area contributed by atoms with Gasteiger partial charge in [-0.25, -0.2) is 0 Å². The Kier molecular flexibility index (Phi) is 4.37. The highest BCUT2D eigenvalue weighted by atomic mass is 79.9. The Bertz CT molecular complexity index is 386. The summed E-state index contributed by atoms with van der Waals surface area (Å²) in [5.41, 5.74) is 1.45. The molecule has 1 fully saturated rings. The summed E-state index contributed by atoms with van der Waals surface area (Å²) in [6.07, 6.45) is 5.19. The van der Waals surface area contributed by atoms with Gasteiger partial charge >= 0.3 is 0 Å². The molecule has 0 atom stereocenters. The van der Waals surface area contributed by atoms with E-state index >= 15 is 0 Å². The van der Waals surface area contributed by atoms with Crippen molar-refractivity contribution in [2.75, 3.05) is 11.9 Å². The van der Waals surface area contributed by atoms with E-state index in [1.165, 1.54) is 25.7 Å². The third-order valence-electron chi connectivity index (χ3n) is 3.62. The van der Waals surface area contributed by atoms with Crippen LogP contribution in [-0.2, 0) is 0 Å². The fourth-order valence-electron chi connectivity index (χ4n) is 2.45. The van der Waals surface area contributed by atoms with E-state index in [0.29, 0.717) is 5.41 Å². The Balaban J connectivity index is 2.01. The molecule has 1 aromatic rings. The molecule has 1 aromatic carbocycles. The van der Waals surface area contributed by atoms with E-state index in [1.54, 1.807) is 0 Å². The molecule has 2 rings (SSSR count). The molecule has 1 nitrogen and oxygen atoms in total. The van der Waals surface area contributed by atoms with Gasteiger partial charge in [0.2, 0.25) is 0 Å². The van der Waals surface area contributed by atoms with Gasteiger partial charge in [0.05, 0.1) is 6.61 Å². The van der Waals surface area contributed by atoms with Crippen molar-refractivity contribution in [3.05, 3.63) is 28.8 Å². The molecular formula is C14H18BrClO. The molecule has 0 bridgehead atoms. The molecule has 3 heteroatoms. The van der Waals surface area contributed by atoms with Crippen LogP contribution in [0.4, 0.5) is 0 Å². The molecule has 0 spiro atoms. The van der Waals surface area contributed by atoms with Crippen molar-refractivity contribution in [1.82, 2.24) is 0 Å².